The zero-order chi connectivity index (χ0) is 27.9. The second-order valence-electron chi connectivity index (χ2n) is 19.1. The third kappa shape index (κ3) is 4.95. The van der Waals surface area contributed by atoms with E-state index in [1.165, 1.54) is 6.42 Å². The molecule has 0 saturated heterocycles. The fourth-order valence-electron chi connectivity index (χ4n) is 12.9. The first-order valence-electron chi connectivity index (χ1n) is 17.5. The topological polar surface area (TPSA) is 0 Å². The molecule has 0 radical (unpaired) electrons. The van der Waals surface area contributed by atoms with E-state index in [0.29, 0.717) is 10.8 Å². The zero-order valence-electron chi connectivity index (χ0n) is 27.9. The normalized spacial score (nSPS) is 50.2. The lowest BCUT2D eigenvalue weighted by molar-refractivity contribution is -0.0358. The van der Waals surface area contributed by atoms with Crippen molar-refractivity contribution in [1.82, 2.24) is 0 Å². The van der Waals surface area contributed by atoms with Crippen LogP contribution in [0.3, 0.4) is 0 Å². The predicted octanol–water partition coefficient (Wildman–Crippen LogP) is 11.6. The van der Waals surface area contributed by atoms with Gasteiger partial charge in [0.25, 0.3) is 0 Å². The molecule has 5 saturated carbocycles. The molecule has 12 unspecified atom stereocenters. The van der Waals surface area contributed by atoms with Gasteiger partial charge in [-0.25, -0.2) is 0 Å². The maximum absolute atomic E-state index is 2.89. The molecule has 0 amide bonds. The molecule has 5 aliphatic carbocycles. The van der Waals surface area contributed by atoms with Crippen LogP contribution in [0.15, 0.2) is 0 Å². The van der Waals surface area contributed by atoms with Crippen LogP contribution in [0, 0.1) is 81.8 Å². The molecule has 1 heteroatoms. The highest BCUT2D eigenvalue weighted by Gasteiger charge is 2.60. The number of hydrogen-bond donors (Lipinski definition) is 0. The number of rotatable bonds is 3. The van der Waals surface area contributed by atoms with Crippen molar-refractivity contribution in [3.8, 4) is 0 Å². The van der Waals surface area contributed by atoms with Crippen LogP contribution in [0.25, 0.3) is 0 Å². The first-order chi connectivity index (χ1) is 17.5. The number of hydrogen-bond acceptors (Lipinski definition) is 0. The minimum Gasteiger partial charge on any atom is -0.0689 e. The van der Waals surface area contributed by atoms with E-state index in [9.17, 15) is 0 Å². The van der Waals surface area contributed by atoms with Gasteiger partial charge in [-0.1, -0.05) is 102 Å². The van der Waals surface area contributed by atoms with Crippen molar-refractivity contribution in [2.45, 2.75) is 151 Å². The first kappa shape index (κ1) is 29.7. The molecule has 0 aromatic heterocycles. The van der Waals surface area contributed by atoms with Crippen LogP contribution in [0.1, 0.15) is 127 Å². The van der Waals surface area contributed by atoms with Crippen LogP contribution in [-0.4, -0.2) is 8.07 Å². The van der Waals surface area contributed by atoms with E-state index in [1.54, 1.807) is 51.4 Å². The van der Waals surface area contributed by atoms with Gasteiger partial charge in [-0.05, 0) is 131 Å². The van der Waals surface area contributed by atoms with Crippen molar-refractivity contribution in [2.75, 3.05) is 0 Å². The summed E-state index contributed by atoms with van der Waals surface area (Å²) in [7, 11) is -1.37. The van der Waals surface area contributed by atoms with Crippen LogP contribution >= 0.6 is 0 Å². The SMILES string of the molecule is CC1C(C)C(C)C([Si](C)(C)C2CCC3C2CC2CCCC2C3C2CC(C(C)(C)C)CC(C(C)(C)C)C2)C1C. The van der Waals surface area contributed by atoms with Crippen molar-refractivity contribution in [3.63, 3.8) is 0 Å². The maximum atomic E-state index is 2.89. The second-order valence-corrected chi connectivity index (χ2v) is 24.1. The minimum absolute atomic E-state index is 0.459. The highest BCUT2D eigenvalue weighted by atomic mass is 28.3. The Morgan fingerprint density at radius 2 is 1.08 bits per heavy atom. The monoisotopic (exact) mass is 541 g/mol. The quantitative estimate of drug-likeness (QED) is 0.312. The molecule has 0 bridgehead atoms. The van der Waals surface area contributed by atoms with Crippen LogP contribution in [-0.2, 0) is 0 Å². The van der Waals surface area contributed by atoms with Gasteiger partial charge >= 0.3 is 0 Å². The third-order valence-corrected chi connectivity index (χ3v) is 20.7. The summed E-state index contributed by atoms with van der Waals surface area (Å²) in [4.78, 5) is 0. The molecule has 0 heterocycles. The molecule has 5 rings (SSSR count). The summed E-state index contributed by atoms with van der Waals surface area (Å²) < 4.78 is 0. The lowest BCUT2D eigenvalue weighted by Gasteiger charge is -2.54. The molecule has 5 aliphatic rings. The summed E-state index contributed by atoms with van der Waals surface area (Å²) in [5, 5.41) is 0. The third-order valence-electron chi connectivity index (χ3n) is 15.3. The Bertz CT molecular complexity index is 791. The molecular weight excluding hydrogens is 472 g/mol. The Morgan fingerprint density at radius 1 is 0.526 bits per heavy atom. The number of fused-ring (bicyclic) bond motifs is 2. The summed E-state index contributed by atoms with van der Waals surface area (Å²) in [5.74, 6) is 11.9. The van der Waals surface area contributed by atoms with E-state index in [1.807, 2.05) is 0 Å². The van der Waals surface area contributed by atoms with Crippen molar-refractivity contribution < 1.29 is 0 Å². The van der Waals surface area contributed by atoms with Gasteiger partial charge in [-0.15, -0.1) is 0 Å². The molecule has 0 spiro atoms. The van der Waals surface area contributed by atoms with Crippen molar-refractivity contribution >= 4 is 8.07 Å². The molecule has 5 fully saturated rings. The summed E-state index contributed by atoms with van der Waals surface area (Å²) in [5.41, 5.74) is 3.06. The zero-order valence-corrected chi connectivity index (χ0v) is 28.9. The highest BCUT2D eigenvalue weighted by molar-refractivity contribution is 6.80. The fourth-order valence-corrected chi connectivity index (χ4v) is 19.1. The van der Waals surface area contributed by atoms with Gasteiger partial charge in [-0.2, -0.15) is 0 Å². The van der Waals surface area contributed by atoms with Crippen molar-refractivity contribution in [3.05, 3.63) is 0 Å². The van der Waals surface area contributed by atoms with Crippen LogP contribution in [0.2, 0.25) is 24.2 Å². The second kappa shape index (κ2) is 10.2. The van der Waals surface area contributed by atoms with E-state index in [2.05, 4.69) is 82.3 Å². The average molecular weight is 541 g/mol. The highest BCUT2D eigenvalue weighted by Crippen LogP contribution is 2.67. The lowest BCUT2D eigenvalue weighted by Crippen LogP contribution is -2.49. The van der Waals surface area contributed by atoms with Gasteiger partial charge in [0.15, 0.2) is 0 Å². The van der Waals surface area contributed by atoms with E-state index in [-0.39, 0.29) is 0 Å². The Balaban J connectivity index is 1.45. The van der Waals surface area contributed by atoms with Gasteiger partial charge in [0.1, 0.15) is 0 Å². The molecule has 38 heavy (non-hydrogen) atoms. The molecule has 220 valence electrons. The smallest absolute Gasteiger partial charge is 0.0544 e. The summed E-state index contributed by atoms with van der Waals surface area (Å²) in [6.07, 6.45) is 14.1. The van der Waals surface area contributed by atoms with Crippen molar-refractivity contribution in [1.29, 1.82) is 0 Å². The Labute approximate surface area is 240 Å². The largest absolute Gasteiger partial charge is 0.0689 e. The summed E-state index contributed by atoms with van der Waals surface area (Å²) >= 11 is 0. The van der Waals surface area contributed by atoms with Gasteiger partial charge in [0.05, 0.1) is 8.07 Å². The average Bonchev–Trinajstić information content (AvgIpc) is 3.50. The molecular formula is C37H68Si. The fraction of sp³-hybridized carbons (Fsp3) is 1.00. The van der Waals surface area contributed by atoms with E-state index in [0.717, 1.165) is 82.1 Å². The van der Waals surface area contributed by atoms with E-state index < -0.39 is 8.07 Å². The van der Waals surface area contributed by atoms with Crippen molar-refractivity contribution in [2.24, 2.45) is 81.8 Å². The first-order valence-corrected chi connectivity index (χ1v) is 20.7. The molecule has 0 aromatic rings. The maximum Gasteiger partial charge on any atom is 0.0544 e. The van der Waals surface area contributed by atoms with E-state index in [4.69, 9.17) is 0 Å². The molecule has 0 aromatic carbocycles. The predicted molar refractivity (Wildman–Crippen MR) is 170 cm³/mol. The standard InChI is InChI=1S/C37H68Si/c1-22-23(2)25(4)35(24(22)3)38(11,12)33-17-16-31-32(33)20-26-14-13-15-30(26)34(31)27-18-28(36(5,6)7)21-29(19-27)37(8,9)10/h22-35H,13-21H2,1-12H3. The van der Waals surface area contributed by atoms with Crippen LogP contribution in [0.5, 0.6) is 0 Å². The lowest BCUT2D eigenvalue weighted by atomic mass is 9.52. The van der Waals surface area contributed by atoms with E-state index >= 15 is 0 Å². The van der Waals surface area contributed by atoms with Gasteiger partial charge in [0, 0.05) is 0 Å². The minimum atomic E-state index is -1.37. The molecule has 0 nitrogen and oxygen atoms in total. The Hall–Kier alpha value is 0.217. The van der Waals surface area contributed by atoms with Gasteiger partial charge in [0.2, 0.25) is 0 Å². The Kier molecular flexibility index (Phi) is 7.96. The summed E-state index contributed by atoms with van der Waals surface area (Å²) in [6, 6.07) is 0. The van der Waals surface area contributed by atoms with Crippen LogP contribution < -0.4 is 0 Å². The Morgan fingerprint density at radius 3 is 1.61 bits per heavy atom. The van der Waals surface area contributed by atoms with Gasteiger partial charge < -0.3 is 0 Å². The molecule has 0 aliphatic heterocycles. The molecule has 0 N–H and O–H groups in total. The summed E-state index contributed by atoms with van der Waals surface area (Å²) in [6.45, 7) is 31.7. The molecule has 12 atom stereocenters. The van der Waals surface area contributed by atoms with Gasteiger partial charge in [-0.3, -0.25) is 0 Å². The van der Waals surface area contributed by atoms with Crippen LogP contribution in [0.4, 0.5) is 0 Å².